The van der Waals surface area contributed by atoms with Crippen molar-refractivity contribution in [2.24, 2.45) is 11.7 Å². The Hall–Kier alpha value is -2.88. The fourth-order valence-corrected chi connectivity index (χ4v) is 3.03. The molecule has 0 aliphatic rings. The van der Waals surface area contributed by atoms with Crippen LogP contribution in [0.15, 0.2) is 30.5 Å². The molecule has 1 aromatic carbocycles. The number of nitrogens with zero attached hydrogens (tertiary/aromatic N) is 3. The van der Waals surface area contributed by atoms with Crippen LogP contribution in [-0.4, -0.2) is 40.4 Å². The van der Waals surface area contributed by atoms with E-state index in [9.17, 15) is 18.0 Å². The molecule has 1 unspecified atom stereocenters. The van der Waals surface area contributed by atoms with Crippen molar-refractivity contribution in [1.82, 2.24) is 9.97 Å². The van der Waals surface area contributed by atoms with Crippen LogP contribution < -0.4 is 15.4 Å². The van der Waals surface area contributed by atoms with E-state index in [1.54, 1.807) is 6.92 Å². The Morgan fingerprint density at radius 2 is 1.97 bits per heavy atom. The highest BCUT2D eigenvalue weighted by Gasteiger charge is 2.35. The molecule has 30 heavy (non-hydrogen) atoms. The van der Waals surface area contributed by atoms with Gasteiger partial charge in [-0.3, -0.25) is 0 Å². The van der Waals surface area contributed by atoms with Crippen molar-refractivity contribution in [3.63, 3.8) is 0 Å². The van der Waals surface area contributed by atoms with Crippen LogP contribution >= 0.6 is 0 Å². The predicted octanol–water partition coefficient (Wildman–Crippen LogP) is 4.42. The number of hydrogen-bond donors (Lipinski definition) is 2. The molecule has 0 aliphatic carbocycles. The number of carboxylic acid groups (broad SMARTS) is 1. The van der Waals surface area contributed by atoms with Crippen molar-refractivity contribution >= 4 is 12.0 Å². The molecule has 1 atom stereocenters. The fraction of sp³-hybridized carbons (Fsp3) is 0.450. The molecule has 0 saturated carbocycles. The average molecular weight is 426 g/mol. The monoisotopic (exact) mass is 426 g/mol. The van der Waals surface area contributed by atoms with Gasteiger partial charge in [0, 0.05) is 24.3 Å². The van der Waals surface area contributed by atoms with Gasteiger partial charge in [0.1, 0.15) is 12.4 Å². The minimum absolute atomic E-state index is 0.0747. The van der Waals surface area contributed by atoms with Gasteiger partial charge in [-0.05, 0) is 43.5 Å². The zero-order valence-electron chi connectivity index (χ0n) is 17.2. The number of amides is 1. The van der Waals surface area contributed by atoms with Gasteiger partial charge < -0.3 is 15.6 Å². The number of nitrogens with two attached hydrogens (primary N) is 1. The highest BCUT2D eigenvalue weighted by molar-refractivity contribution is 5.83. The van der Waals surface area contributed by atoms with E-state index in [-0.39, 0.29) is 35.5 Å². The number of anilines is 1. The number of benzene rings is 1. The fourth-order valence-electron chi connectivity index (χ4n) is 3.03. The van der Waals surface area contributed by atoms with Gasteiger partial charge in [-0.1, -0.05) is 13.8 Å². The second-order valence-electron chi connectivity index (χ2n) is 7.83. The second-order valence-corrected chi connectivity index (χ2v) is 7.83. The predicted molar refractivity (Wildman–Crippen MR) is 106 cm³/mol. The van der Waals surface area contributed by atoms with Crippen LogP contribution in [0.2, 0.25) is 0 Å². The van der Waals surface area contributed by atoms with E-state index in [0.717, 1.165) is 11.0 Å². The average Bonchev–Trinajstić information content (AvgIpc) is 2.64. The third-order valence-corrected chi connectivity index (χ3v) is 4.24. The summed E-state index contributed by atoms with van der Waals surface area (Å²) >= 11 is 0. The van der Waals surface area contributed by atoms with E-state index in [0.29, 0.717) is 6.42 Å². The Kier molecular flexibility index (Phi) is 6.91. The Labute approximate surface area is 172 Å². The standard InChI is InChI=1S/C20H25F3N4O3/c1-12(2)10-19(3,24)11-30-16-6-5-13(9-14(16)20(21,22)23)15-7-8-25-17(26-15)27(4)18(28)29/h5-9,12H,10-11,24H2,1-4H3,(H,28,29). The molecule has 0 spiro atoms. The topological polar surface area (TPSA) is 102 Å². The van der Waals surface area contributed by atoms with Gasteiger partial charge in [0.05, 0.1) is 11.3 Å². The molecule has 3 N–H and O–H groups in total. The smallest absolute Gasteiger partial charge is 0.419 e. The molecule has 1 heterocycles. The lowest BCUT2D eigenvalue weighted by Crippen LogP contribution is -2.43. The first-order chi connectivity index (χ1) is 13.8. The van der Waals surface area contributed by atoms with Crippen LogP contribution in [0.1, 0.15) is 32.8 Å². The number of carbonyl (C=O) groups is 1. The molecule has 164 valence electrons. The third-order valence-electron chi connectivity index (χ3n) is 4.24. The molecule has 10 heteroatoms. The molecule has 7 nitrogen and oxygen atoms in total. The zero-order chi connectivity index (χ0) is 22.7. The van der Waals surface area contributed by atoms with Gasteiger partial charge in [-0.15, -0.1) is 0 Å². The number of ether oxygens (including phenoxy) is 1. The quantitative estimate of drug-likeness (QED) is 0.680. The summed E-state index contributed by atoms with van der Waals surface area (Å²) in [5.41, 5.74) is 4.69. The van der Waals surface area contributed by atoms with Crippen LogP contribution in [0.25, 0.3) is 11.3 Å². The largest absolute Gasteiger partial charge is 0.491 e. The maximum Gasteiger partial charge on any atom is 0.419 e. The number of alkyl halides is 3. The second kappa shape index (κ2) is 8.86. The molecular weight excluding hydrogens is 401 g/mol. The Morgan fingerprint density at radius 3 is 2.53 bits per heavy atom. The molecular formula is C20H25F3N4O3. The van der Waals surface area contributed by atoms with Crippen LogP contribution in [0.5, 0.6) is 5.75 Å². The molecule has 2 aromatic rings. The van der Waals surface area contributed by atoms with Crippen LogP contribution in [0.3, 0.4) is 0 Å². The molecule has 1 amide bonds. The lowest BCUT2D eigenvalue weighted by molar-refractivity contribution is -0.139. The number of hydrogen-bond acceptors (Lipinski definition) is 5. The van der Waals surface area contributed by atoms with Crippen molar-refractivity contribution in [2.75, 3.05) is 18.6 Å². The molecule has 2 rings (SSSR count). The summed E-state index contributed by atoms with van der Waals surface area (Å²) in [6, 6.07) is 4.95. The first-order valence-corrected chi connectivity index (χ1v) is 9.23. The minimum atomic E-state index is -4.66. The van der Waals surface area contributed by atoms with Crippen molar-refractivity contribution in [3.05, 3.63) is 36.0 Å². The highest BCUT2D eigenvalue weighted by atomic mass is 19.4. The van der Waals surface area contributed by atoms with E-state index >= 15 is 0 Å². The minimum Gasteiger partial charge on any atom is -0.491 e. The summed E-state index contributed by atoms with van der Waals surface area (Å²) in [6.07, 6.45) is -4.09. The Balaban J connectivity index is 2.38. The summed E-state index contributed by atoms with van der Waals surface area (Å²) in [5, 5.41) is 9.03. The van der Waals surface area contributed by atoms with E-state index in [4.69, 9.17) is 15.6 Å². The Bertz CT molecular complexity index is 901. The van der Waals surface area contributed by atoms with Crippen LogP contribution in [-0.2, 0) is 6.18 Å². The number of rotatable bonds is 7. The van der Waals surface area contributed by atoms with E-state index in [1.807, 2.05) is 13.8 Å². The van der Waals surface area contributed by atoms with Crippen LogP contribution in [0.4, 0.5) is 23.9 Å². The SMILES string of the molecule is CC(C)CC(C)(N)COc1ccc(-c2ccnc(N(C)C(=O)O)n2)cc1C(F)(F)F. The van der Waals surface area contributed by atoms with E-state index < -0.39 is 23.4 Å². The maximum absolute atomic E-state index is 13.7. The van der Waals surface area contributed by atoms with Gasteiger partial charge in [-0.2, -0.15) is 13.2 Å². The summed E-state index contributed by atoms with van der Waals surface area (Å²) in [7, 11) is 1.24. The van der Waals surface area contributed by atoms with Gasteiger partial charge in [0.15, 0.2) is 0 Å². The number of aromatic nitrogens is 2. The van der Waals surface area contributed by atoms with Crippen molar-refractivity contribution < 1.29 is 27.8 Å². The van der Waals surface area contributed by atoms with E-state index in [1.165, 1.54) is 31.4 Å². The summed E-state index contributed by atoms with van der Waals surface area (Å²) in [6.45, 7) is 5.60. The summed E-state index contributed by atoms with van der Waals surface area (Å²) in [4.78, 5) is 19.7. The third kappa shape index (κ3) is 6.06. The van der Waals surface area contributed by atoms with Gasteiger partial charge in [0.2, 0.25) is 5.95 Å². The zero-order valence-corrected chi connectivity index (χ0v) is 17.2. The summed E-state index contributed by atoms with van der Waals surface area (Å²) < 4.78 is 46.4. The molecule has 0 fully saturated rings. The molecule has 0 saturated heterocycles. The van der Waals surface area contributed by atoms with Gasteiger partial charge in [-0.25, -0.2) is 19.7 Å². The number of halogens is 3. The van der Waals surface area contributed by atoms with Crippen LogP contribution in [0, 0.1) is 5.92 Å². The Morgan fingerprint density at radius 1 is 1.30 bits per heavy atom. The summed E-state index contributed by atoms with van der Waals surface area (Å²) in [5.74, 6) is -0.214. The first kappa shape index (κ1) is 23.4. The first-order valence-electron chi connectivity index (χ1n) is 9.23. The van der Waals surface area contributed by atoms with Gasteiger partial charge in [0.25, 0.3) is 0 Å². The van der Waals surface area contributed by atoms with Gasteiger partial charge >= 0.3 is 12.3 Å². The molecule has 0 aliphatic heterocycles. The van der Waals surface area contributed by atoms with E-state index in [2.05, 4.69) is 9.97 Å². The van der Waals surface area contributed by atoms with Crippen molar-refractivity contribution in [3.8, 4) is 17.0 Å². The van der Waals surface area contributed by atoms with Crippen molar-refractivity contribution in [2.45, 2.75) is 38.9 Å². The lowest BCUT2D eigenvalue weighted by Gasteiger charge is -2.27. The molecule has 1 aromatic heterocycles. The maximum atomic E-state index is 13.7. The molecule has 0 radical (unpaired) electrons. The highest BCUT2D eigenvalue weighted by Crippen LogP contribution is 2.39. The molecule has 0 bridgehead atoms. The van der Waals surface area contributed by atoms with Crippen molar-refractivity contribution in [1.29, 1.82) is 0 Å². The normalized spacial score (nSPS) is 13.8. The lowest BCUT2D eigenvalue weighted by atomic mass is 9.93.